The summed E-state index contributed by atoms with van der Waals surface area (Å²) in [5, 5.41) is 5.61. The third-order valence-electron chi connectivity index (χ3n) is 3.33. The molecule has 0 spiro atoms. The van der Waals surface area contributed by atoms with Crippen molar-refractivity contribution in [3.8, 4) is 0 Å². The molecule has 2 N–H and O–H groups in total. The van der Waals surface area contributed by atoms with Crippen LogP contribution in [0.25, 0.3) is 0 Å². The second-order valence-corrected chi connectivity index (χ2v) is 5.03. The number of rotatable bonds is 5. The quantitative estimate of drug-likeness (QED) is 0.818. The molecule has 2 amide bonds. The van der Waals surface area contributed by atoms with E-state index >= 15 is 0 Å². The Balaban J connectivity index is 1.95. The Morgan fingerprint density at radius 1 is 1.24 bits per heavy atom. The maximum Gasteiger partial charge on any atom is 0.250 e. The van der Waals surface area contributed by atoms with Gasteiger partial charge >= 0.3 is 0 Å². The first-order valence-corrected chi connectivity index (χ1v) is 7.04. The van der Waals surface area contributed by atoms with E-state index in [1.807, 2.05) is 6.07 Å². The number of ether oxygens (including phenoxy) is 1. The molecule has 0 aliphatic heterocycles. The molecule has 5 nitrogen and oxygen atoms in total. The van der Waals surface area contributed by atoms with E-state index in [0.29, 0.717) is 11.4 Å². The molecular weight excluding hydrogens is 268 g/mol. The number of carbonyl (C=O) groups excluding carboxylic acids is 2. The van der Waals surface area contributed by atoms with Crippen molar-refractivity contribution in [2.75, 3.05) is 24.4 Å². The number of hydrogen-bond donors (Lipinski definition) is 2. The standard InChI is InChI=1S/C16H20N2O3/c1-21-11-15(19)17-13-8-5-9-14(10-13)18-16(20)12-6-3-2-4-7-12/h2-3,5,8-10,12H,4,6-7,11H2,1H3,(H,17,19)(H,18,20)/t12-/m1/s1. The topological polar surface area (TPSA) is 67.4 Å². The Kier molecular flexibility index (Phi) is 5.51. The zero-order chi connectivity index (χ0) is 15.1. The van der Waals surface area contributed by atoms with E-state index in [2.05, 4.69) is 22.8 Å². The first-order valence-electron chi connectivity index (χ1n) is 7.04. The Morgan fingerprint density at radius 3 is 2.67 bits per heavy atom. The van der Waals surface area contributed by atoms with Gasteiger partial charge in [0.2, 0.25) is 11.8 Å². The number of anilines is 2. The largest absolute Gasteiger partial charge is 0.375 e. The lowest BCUT2D eigenvalue weighted by molar-refractivity contribution is -0.120. The predicted octanol–water partition coefficient (Wildman–Crippen LogP) is 2.57. The van der Waals surface area contributed by atoms with Crippen LogP contribution in [-0.4, -0.2) is 25.5 Å². The van der Waals surface area contributed by atoms with Gasteiger partial charge in [0.25, 0.3) is 0 Å². The van der Waals surface area contributed by atoms with Crippen molar-refractivity contribution < 1.29 is 14.3 Å². The second-order valence-electron chi connectivity index (χ2n) is 5.03. The van der Waals surface area contributed by atoms with Crippen LogP contribution < -0.4 is 10.6 Å². The van der Waals surface area contributed by atoms with Gasteiger partial charge in [-0.1, -0.05) is 18.2 Å². The average Bonchev–Trinajstić information content (AvgIpc) is 2.48. The Morgan fingerprint density at radius 2 is 2.00 bits per heavy atom. The summed E-state index contributed by atoms with van der Waals surface area (Å²) < 4.78 is 4.76. The number of allylic oxidation sites excluding steroid dienone is 2. The number of nitrogens with one attached hydrogen (secondary N) is 2. The SMILES string of the molecule is COCC(=O)Nc1cccc(NC(=O)[C@@H]2CC=CCC2)c1. The summed E-state index contributed by atoms with van der Waals surface area (Å²) in [6.45, 7) is 0.00496. The minimum absolute atomic E-state index is 0.00496. The highest BCUT2D eigenvalue weighted by atomic mass is 16.5. The van der Waals surface area contributed by atoms with Gasteiger partial charge in [0, 0.05) is 24.4 Å². The van der Waals surface area contributed by atoms with Crippen LogP contribution in [0.15, 0.2) is 36.4 Å². The Labute approximate surface area is 124 Å². The molecule has 0 saturated heterocycles. The molecule has 0 fully saturated rings. The second kappa shape index (κ2) is 7.59. The molecule has 1 aliphatic rings. The van der Waals surface area contributed by atoms with Gasteiger partial charge in [-0.05, 0) is 37.5 Å². The van der Waals surface area contributed by atoms with Crippen LogP contribution in [0.3, 0.4) is 0 Å². The van der Waals surface area contributed by atoms with Gasteiger partial charge in [-0.3, -0.25) is 9.59 Å². The van der Waals surface area contributed by atoms with Crippen LogP contribution in [0.4, 0.5) is 11.4 Å². The highest BCUT2D eigenvalue weighted by molar-refractivity contribution is 5.95. The smallest absolute Gasteiger partial charge is 0.250 e. The van der Waals surface area contributed by atoms with Gasteiger partial charge in [0.05, 0.1) is 0 Å². The first kappa shape index (κ1) is 15.3. The fourth-order valence-electron chi connectivity index (χ4n) is 2.28. The third-order valence-corrected chi connectivity index (χ3v) is 3.33. The van der Waals surface area contributed by atoms with Crippen LogP contribution in [0.5, 0.6) is 0 Å². The van der Waals surface area contributed by atoms with Crippen molar-refractivity contribution in [3.05, 3.63) is 36.4 Å². The van der Waals surface area contributed by atoms with E-state index in [9.17, 15) is 9.59 Å². The summed E-state index contributed by atoms with van der Waals surface area (Å²) in [4.78, 5) is 23.6. The molecule has 0 unspecified atom stereocenters. The normalized spacial score (nSPS) is 17.3. The number of hydrogen-bond acceptors (Lipinski definition) is 3. The van der Waals surface area contributed by atoms with Crippen molar-refractivity contribution in [1.82, 2.24) is 0 Å². The molecule has 0 radical (unpaired) electrons. The van der Waals surface area contributed by atoms with Crippen LogP contribution in [0, 0.1) is 5.92 Å². The van der Waals surface area contributed by atoms with Crippen LogP contribution in [0.1, 0.15) is 19.3 Å². The zero-order valence-electron chi connectivity index (χ0n) is 12.1. The zero-order valence-corrected chi connectivity index (χ0v) is 12.1. The summed E-state index contributed by atoms with van der Waals surface area (Å²) in [5.74, 6) is -0.167. The van der Waals surface area contributed by atoms with Gasteiger partial charge in [0.1, 0.15) is 6.61 Å². The van der Waals surface area contributed by atoms with Gasteiger partial charge in [-0.25, -0.2) is 0 Å². The van der Waals surface area contributed by atoms with E-state index in [1.165, 1.54) is 7.11 Å². The minimum Gasteiger partial charge on any atom is -0.375 e. The van der Waals surface area contributed by atoms with Crippen molar-refractivity contribution in [2.45, 2.75) is 19.3 Å². The highest BCUT2D eigenvalue weighted by Crippen LogP contribution is 2.21. The highest BCUT2D eigenvalue weighted by Gasteiger charge is 2.18. The fourth-order valence-corrected chi connectivity index (χ4v) is 2.28. The fraction of sp³-hybridized carbons (Fsp3) is 0.375. The van der Waals surface area contributed by atoms with Crippen molar-refractivity contribution in [2.24, 2.45) is 5.92 Å². The first-order chi connectivity index (χ1) is 10.2. The molecule has 0 aromatic heterocycles. The number of benzene rings is 1. The molecule has 0 heterocycles. The van der Waals surface area contributed by atoms with E-state index in [0.717, 1.165) is 19.3 Å². The van der Waals surface area contributed by atoms with Gasteiger partial charge in [-0.2, -0.15) is 0 Å². The van der Waals surface area contributed by atoms with E-state index in [4.69, 9.17) is 4.74 Å². The maximum atomic E-state index is 12.2. The van der Waals surface area contributed by atoms with Crippen molar-refractivity contribution in [1.29, 1.82) is 0 Å². The lowest BCUT2D eigenvalue weighted by Crippen LogP contribution is -2.23. The Bertz CT molecular complexity index is 540. The van der Waals surface area contributed by atoms with Crippen LogP contribution >= 0.6 is 0 Å². The monoisotopic (exact) mass is 288 g/mol. The van der Waals surface area contributed by atoms with Gasteiger partial charge < -0.3 is 15.4 Å². The molecule has 1 aromatic carbocycles. The van der Waals surface area contributed by atoms with Crippen LogP contribution in [-0.2, 0) is 14.3 Å². The minimum atomic E-state index is -0.224. The van der Waals surface area contributed by atoms with Crippen LogP contribution in [0.2, 0.25) is 0 Å². The van der Waals surface area contributed by atoms with Gasteiger partial charge in [0.15, 0.2) is 0 Å². The molecule has 112 valence electrons. The van der Waals surface area contributed by atoms with Crippen molar-refractivity contribution >= 4 is 23.2 Å². The number of carbonyl (C=O) groups is 2. The summed E-state index contributed by atoms with van der Waals surface area (Å²) in [6, 6.07) is 7.11. The van der Waals surface area contributed by atoms with E-state index < -0.39 is 0 Å². The third kappa shape index (κ3) is 4.72. The molecule has 0 bridgehead atoms. The molecule has 21 heavy (non-hydrogen) atoms. The predicted molar refractivity (Wildman–Crippen MR) is 82.1 cm³/mol. The molecule has 0 saturated carbocycles. The molecule has 1 aliphatic carbocycles. The van der Waals surface area contributed by atoms with E-state index in [1.54, 1.807) is 18.2 Å². The number of amides is 2. The molecule has 1 aromatic rings. The van der Waals surface area contributed by atoms with E-state index in [-0.39, 0.29) is 24.3 Å². The molecule has 5 heteroatoms. The Hall–Kier alpha value is -2.14. The van der Waals surface area contributed by atoms with Crippen molar-refractivity contribution in [3.63, 3.8) is 0 Å². The summed E-state index contributed by atoms with van der Waals surface area (Å²) >= 11 is 0. The van der Waals surface area contributed by atoms with Gasteiger partial charge in [-0.15, -0.1) is 0 Å². The maximum absolute atomic E-state index is 12.2. The molecule has 2 rings (SSSR count). The summed E-state index contributed by atoms with van der Waals surface area (Å²) in [6.07, 6.45) is 6.78. The average molecular weight is 288 g/mol. The lowest BCUT2D eigenvalue weighted by atomic mass is 9.93. The number of methoxy groups -OCH3 is 1. The molecular formula is C16H20N2O3. The lowest BCUT2D eigenvalue weighted by Gasteiger charge is -2.17. The summed E-state index contributed by atoms with van der Waals surface area (Å²) in [5.41, 5.74) is 1.32. The molecule has 1 atom stereocenters. The summed E-state index contributed by atoms with van der Waals surface area (Å²) in [7, 11) is 1.47.